The third-order valence-electron chi connectivity index (χ3n) is 4.39. The first-order valence-electron chi connectivity index (χ1n) is 8.73. The van der Waals surface area contributed by atoms with Crippen LogP contribution in [0.3, 0.4) is 0 Å². The molecule has 3 rings (SSSR count). The number of nitrogens with zero attached hydrogens (tertiary/aromatic N) is 1. The summed E-state index contributed by atoms with van der Waals surface area (Å²) in [6.07, 6.45) is 0.0204. The lowest BCUT2D eigenvalue weighted by Gasteiger charge is -2.17. The van der Waals surface area contributed by atoms with Crippen LogP contribution in [0.15, 0.2) is 42.5 Å². The lowest BCUT2D eigenvalue weighted by Crippen LogP contribution is -2.28. The molecule has 2 amide bonds. The van der Waals surface area contributed by atoms with Crippen LogP contribution < -0.4 is 15.0 Å². The third kappa shape index (κ3) is 5.19. The number of esters is 1. The van der Waals surface area contributed by atoms with E-state index >= 15 is 0 Å². The molecule has 1 fully saturated rings. The van der Waals surface area contributed by atoms with Gasteiger partial charge in [0.2, 0.25) is 5.91 Å². The fourth-order valence-electron chi connectivity index (χ4n) is 2.91. The summed E-state index contributed by atoms with van der Waals surface area (Å²) in [5.74, 6) is -1.33. The number of amides is 2. The highest BCUT2D eigenvalue weighted by Crippen LogP contribution is 2.28. The number of methoxy groups -OCH3 is 1. The predicted molar refractivity (Wildman–Crippen MR) is 110 cm³/mol. The molecular weight excluding hydrogens is 419 g/mol. The van der Waals surface area contributed by atoms with Gasteiger partial charge in [0.05, 0.1) is 23.7 Å². The van der Waals surface area contributed by atoms with Gasteiger partial charge < -0.3 is 19.7 Å². The van der Waals surface area contributed by atoms with Crippen molar-refractivity contribution in [2.75, 3.05) is 30.5 Å². The van der Waals surface area contributed by atoms with E-state index in [0.29, 0.717) is 27.2 Å². The van der Waals surface area contributed by atoms with E-state index in [1.165, 1.54) is 11.0 Å². The maximum Gasteiger partial charge on any atom is 0.311 e. The largest absolute Gasteiger partial charge is 0.497 e. The molecule has 0 radical (unpaired) electrons. The molecular formula is C20H18Cl2N2O5. The normalized spacial score (nSPS) is 15.9. The number of rotatable bonds is 6. The molecule has 29 heavy (non-hydrogen) atoms. The fourth-order valence-corrected chi connectivity index (χ4v) is 3.25. The molecule has 1 heterocycles. The minimum atomic E-state index is -0.646. The Morgan fingerprint density at radius 3 is 2.59 bits per heavy atom. The van der Waals surface area contributed by atoms with Crippen molar-refractivity contribution in [2.45, 2.75) is 6.42 Å². The summed E-state index contributed by atoms with van der Waals surface area (Å²) in [6, 6.07) is 11.6. The molecule has 1 aliphatic heterocycles. The Balaban J connectivity index is 1.53. The van der Waals surface area contributed by atoms with E-state index in [2.05, 4.69) is 5.32 Å². The second-order valence-electron chi connectivity index (χ2n) is 6.38. The number of anilines is 2. The zero-order valence-electron chi connectivity index (χ0n) is 15.5. The highest BCUT2D eigenvalue weighted by atomic mass is 35.5. The Labute approximate surface area is 177 Å². The van der Waals surface area contributed by atoms with Crippen molar-refractivity contribution < 1.29 is 23.9 Å². The lowest BCUT2D eigenvalue weighted by molar-refractivity contribution is -0.151. The smallest absolute Gasteiger partial charge is 0.311 e. The van der Waals surface area contributed by atoms with E-state index in [1.807, 2.05) is 0 Å². The molecule has 2 aromatic carbocycles. The fraction of sp³-hybridized carbons (Fsp3) is 0.250. The average molecular weight is 437 g/mol. The molecule has 7 nitrogen and oxygen atoms in total. The molecule has 0 aromatic heterocycles. The van der Waals surface area contributed by atoms with Crippen molar-refractivity contribution in [1.29, 1.82) is 0 Å². The van der Waals surface area contributed by atoms with Crippen LogP contribution in [-0.4, -0.2) is 38.0 Å². The van der Waals surface area contributed by atoms with Crippen molar-refractivity contribution in [2.24, 2.45) is 5.92 Å². The Morgan fingerprint density at radius 1 is 1.17 bits per heavy atom. The molecule has 0 bridgehead atoms. The first kappa shape index (κ1) is 21.0. The maximum atomic E-state index is 12.3. The van der Waals surface area contributed by atoms with E-state index in [1.54, 1.807) is 43.5 Å². The van der Waals surface area contributed by atoms with Gasteiger partial charge >= 0.3 is 5.97 Å². The van der Waals surface area contributed by atoms with E-state index < -0.39 is 24.4 Å². The predicted octanol–water partition coefficient (Wildman–Crippen LogP) is 3.54. The zero-order valence-corrected chi connectivity index (χ0v) is 17.0. The number of carbonyl (C=O) groups is 3. The van der Waals surface area contributed by atoms with Gasteiger partial charge in [-0.05, 0) is 42.5 Å². The number of nitrogens with one attached hydrogen (secondary N) is 1. The summed E-state index contributed by atoms with van der Waals surface area (Å²) in [5.41, 5.74) is 0.987. The first-order valence-corrected chi connectivity index (χ1v) is 9.49. The second kappa shape index (κ2) is 9.15. The number of halogens is 2. The van der Waals surface area contributed by atoms with Gasteiger partial charge in [-0.3, -0.25) is 14.4 Å². The third-order valence-corrected chi connectivity index (χ3v) is 4.96. The van der Waals surface area contributed by atoms with Gasteiger partial charge in [0, 0.05) is 23.7 Å². The summed E-state index contributed by atoms with van der Waals surface area (Å²) in [5, 5.41) is 3.25. The Kier molecular flexibility index (Phi) is 6.61. The molecule has 1 atom stereocenters. The molecule has 1 saturated heterocycles. The summed E-state index contributed by atoms with van der Waals surface area (Å²) < 4.78 is 10.2. The van der Waals surface area contributed by atoms with Crippen LogP contribution in [0, 0.1) is 5.92 Å². The average Bonchev–Trinajstić information content (AvgIpc) is 3.10. The van der Waals surface area contributed by atoms with Crippen molar-refractivity contribution >= 4 is 52.4 Å². The molecule has 0 unspecified atom stereocenters. The van der Waals surface area contributed by atoms with Crippen LogP contribution in [0.4, 0.5) is 11.4 Å². The number of carbonyl (C=O) groups excluding carboxylic acids is 3. The molecule has 9 heteroatoms. The highest BCUT2D eigenvalue weighted by Gasteiger charge is 2.36. The van der Waals surface area contributed by atoms with Crippen molar-refractivity contribution in [3.63, 3.8) is 0 Å². The van der Waals surface area contributed by atoms with Crippen molar-refractivity contribution in [3.8, 4) is 5.75 Å². The van der Waals surface area contributed by atoms with Gasteiger partial charge in [-0.15, -0.1) is 0 Å². The monoisotopic (exact) mass is 436 g/mol. The van der Waals surface area contributed by atoms with Gasteiger partial charge in [0.1, 0.15) is 5.75 Å². The Hall–Kier alpha value is -2.77. The van der Waals surface area contributed by atoms with E-state index in [4.69, 9.17) is 32.7 Å². The maximum absolute atomic E-state index is 12.3. The van der Waals surface area contributed by atoms with Crippen LogP contribution in [-0.2, 0) is 19.1 Å². The van der Waals surface area contributed by atoms with Gasteiger partial charge in [0.15, 0.2) is 6.61 Å². The number of hydrogen-bond acceptors (Lipinski definition) is 5. The molecule has 152 valence electrons. The Morgan fingerprint density at radius 2 is 1.90 bits per heavy atom. The molecule has 0 spiro atoms. The quantitative estimate of drug-likeness (QED) is 0.699. The lowest BCUT2D eigenvalue weighted by atomic mass is 10.1. The second-order valence-corrected chi connectivity index (χ2v) is 7.23. The van der Waals surface area contributed by atoms with Gasteiger partial charge in [0.25, 0.3) is 5.91 Å². The van der Waals surface area contributed by atoms with Crippen LogP contribution in [0.1, 0.15) is 6.42 Å². The molecule has 1 aliphatic rings. The molecule has 0 aliphatic carbocycles. The summed E-state index contributed by atoms with van der Waals surface area (Å²) in [7, 11) is 1.55. The molecule has 1 N–H and O–H groups in total. The zero-order chi connectivity index (χ0) is 21.0. The SMILES string of the molecule is COc1ccc(N2C[C@H](C(=O)OCC(=O)Nc3cc(Cl)ccc3Cl)CC2=O)cc1. The van der Waals surface area contributed by atoms with Crippen LogP contribution in [0.2, 0.25) is 10.0 Å². The highest BCUT2D eigenvalue weighted by molar-refractivity contribution is 6.35. The van der Waals surface area contributed by atoms with Crippen LogP contribution >= 0.6 is 23.2 Å². The van der Waals surface area contributed by atoms with Crippen LogP contribution in [0.25, 0.3) is 0 Å². The summed E-state index contributed by atoms with van der Waals surface area (Å²) >= 11 is 11.9. The van der Waals surface area contributed by atoms with E-state index in [0.717, 1.165) is 0 Å². The Bertz CT molecular complexity index is 933. The van der Waals surface area contributed by atoms with Crippen molar-refractivity contribution in [3.05, 3.63) is 52.5 Å². The van der Waals surface area contributed by atoms with Crippen LogP contribution in [0.5, 0.6) is 5.75 Å². The van der Waals surface area contributed by atoms with E-state index in [-0.39, 0.29) is 18.9 Å². The number of ether oxygens (including phenoxy) is 2. The topological polar surface area (TPSA) is 84.9 Å². The minimum absolute atomic E-state index is 0.0204. The summed E-state index contributed by atoms with van der Waals surface area (Å²) in [4.78, 5) is 38.1. The van der Waals surface area contributed by atoms with Gasteiger partial charge in [-0.2, -0.15) is 0 Å². The molecule has 2 aromatic rings. The summed E-state index contributed by atoms with van der Waals surface area (Å²) in [6.45, 7) is -0.305. The van der Waals surface area contributed by atoms with Gasteiger partial charge in [-0.1, -0.05) is 23.2 Å². The molecule has 0 saturated carbocycles. The van der Waals surface area contributed by atoms with Crippen molar-refractivity contribution in [1.82, 2.24) is 0 Å². The minimum Gasteiger partial charge on any atom is -0.497 e. The van der Waals surface area contributed by atoms with E-state index in [9.17, 15) is 14.4 Å². The first-order chi connectivity index (χ1) is 13.9. The number of hydrogen-bond donors (Lipinski definition) is 1. The standard InChI is InChI=1S/C20H18Cl2N2O5/c1-28-15-5-3-14(4-6-15)24-10-12(8-19(24)26)20(27)29-11-18(25)23-17-9-13(21)2-7-16(17)22/h2-7,9,12H,8,10-11H2,1H3,(H,23,25)/t12-/m1/s1. The number of benzene rings is 2. The van der Waals surface area contributed by atoms with Gasteiger partial charge in [-0.25, -0.2) is 0 Å².